The summed E-state index contributed by atoms with van der Waals surface area (Å²) >= 11 is 0. The predicted octanol–water partition coefficient (Wildman–Crippen LogP) is 1.46. The topological polar surface area (TPSA) is 45.4 Å². The van der Waals surface area contributed by atoms with E-state index in [2.05, 4.69) is 34.7 Å². The first kappa shape index (κ1) is 13.3. The van der Waals surface area contributed by atoms with E-state index in [9.17, 15) is 0 Å². The van der Waals surface area contributed by atoms with Crippen LogP contribution in [0.1, 0.15) is 26.0 Å². The molecule has 2 rings (SSSR count). The summed E-state index contributed by atoms with van der Waals surface area (Å²) < 4.78 is 0. The third kappa shape index (κ3) is 2.82. The molecule has 1 saturated heterocycles. The Morgan fingerprint density at radius 2 is 2.06 bits per heavy atom. The summed E-state index contributed by atoms with van der Waals surface area (Å²) in [5.74, 6) is 0. The van der Waals surface area contributed by atoms with Crippen molar-refractivity contribution in [2.75, 3.05) is 31.1 Å². The first-order valence-corrected chi connectivity index (χ1v) is 6.89. The maximum absolute atomic E-state index is 5.75. The average Bonchev–Trinajstić information content (AvgIpc) is 2.46. The Kier molecular flexibility index (Phi) is 4.55. The Morgan fingerprint density at radius 1 is 1.33 bits per heavy atom. The van der Waals surface area contributed by atoms with Crippen molar-refractivity contribution in [3.05, 3.63) is 24.0 Å². The highest BCUT2D eigenvalue weighted by atomic mass is 15.3. The zero-order chi connectivity index (χ0) is 13.0. The van der Waals surface area contributed by atoms with Crippen LogP contribution >= 0.6 is 0 Å². The lowest BCUT2D eigenvalue weighted by atomic mass is 10.1. The number of pyridine rings is 1. The lowest BCUT2D eigenvalue weighted by molar-refractivity contribution is 0.192. The van der Waals surface area contributed by atoms with Gasteiger partial charge in [-0.2, -0.15) is 0 Å². The zero-order valence-corrected chi connectivity index (χ0v) is 11.5. The smallest absolute Gasteiger partial charge is 0.0772 e. The molecule has 1 aromatic heterocycles. The van der Waals surface area contributed by atoms with Gasteiger partial charge in [-0.3, -0.25) is 9.88 Å². The van der Waals surface area contributed by atoms with Crippen LogP contribution in [-0.4, -0.2) is 42.1 Å². The molecule has 1 aromatic rings. The number of nitrogens with zero attached hydrogens (tertiary/aromatic N) is 3. The van der Waals surface area contributed by atoms with Gasteiger partial charge in [0, 0.05) is 45.0 Å². The molecule has 0 saturated carbocycles. The van der Waals surface area contributed by atoms with Gasteiger partial charge in [0.15, 0.2) is 0 Å². The molecule has 4 heteroatoms. The van der Waals surface area contributed by atoms with Gasteiger partial charge in [-0.05, 0) is 25.5 Å². The van der Waals surface area contributed by atoms with Crippen molar-refractivity contribution in [2.24, 2.45) is 5.73 Å². The molecular weight excluding hydrogens is 224 g/mol. The van der Waals surface area contributed by atoms with E-state index >= 15 is 0 Å². The maximum atomic E-state index is 5.75. The Hall–Kier alpha value is -1.13. The zero-order valence-electron chi connectivity index (χ0n) is 11.5. The van der Waals surface area contributed by atoms with Crippen LogP contribution < -0.4 is 10.6 Å². The van der Waals surface area contributed by atoms with Crippen molar-refractivity contribution < 1.29 is 0 Å². The third-order valence-corrected chi connectivity index (χ3v) is 3.93. The molecule has 0 amide bonds. The van der Waals surface area contributed by atoms with E-state index in [1.807, 2.05) is 12.3 Å². The van der Waals surface area contributed by atoms with Gasteiger partial charge >= 0.3 is 0 Å². The summed E-state index contributed by atoms with van der Waals surface area (Å²) in [7, 11) is 0. The largest absolute Gasteiger partial charge is 0.367 e. The number of aromatic nitrogens is 1. The van der Waals surface area contributed by atoms with Crippen LogP contribution in [0.2, 0.25) is 0 Å². The van der Waals surface area contributed by atoms with E-state index in [-0.39, 0.29) is 0 Å². The first-order valence-electron chi connectivity index (χ1n) is 6.89. The van der Waals surface area contributed by atoms with Gasteiger partial charge in [0.25, 0.3) is 0 Å². The summed E-state index contributed by atoms with van der Waals surface area (Å²) in [6, 6.07) is 4.82. The summed E-state index contributed by atoms with van der Waals surface area (Å²) in [4.78, 5) is 9.34. The summed E-state index contributed by atoms with van der Waals surface area (Å²) in [5, 5.41) is 0. The lowest BCUT2D eigenvalue weighted by Gasteiger charge is -2.39. The minimum absolute atomic E-state index is 0.516. The van der Waals surface area contributed by atoms with Crippen molar-refractivity contribution in [1.82, 2.24) is 9.88 Å². The molecule has 0 aliphatic carbocycles. The Balaban J connectivity index is 2.01. The van der Waals surface area contributed by atoms with E-state index in [0.29, 0.717) is 12.6 Å². The van der Waals surface area contributed by atoms with E-state index in [1.165, 1.54) is 12.1 Å². The van der Waals surface area contributed by atoms with Gasteiger partial charge in [0.1, 0.15) is 0 Å². The second-order valence-corrected chi connectivity index (χ2v) is 4.95. The average molecular weight is 248 g/mol. The van der Waals surface area contributed by atoms with Crippen molar-refractivity contribution in [2.45, 2.75) is 32.9 Å². The Bertz CT molecular complexity index is 372. The molecule has 0 radical (unpaired) electrons. The van der Waals surface area contributed by atoms with E-state index in [4.69, 9.17) is 5.73 Å². The number of hydrogen-bond acceptors (Lipinski definition) is 4. The normalized spacial score (nSPS) is 18.9. The molecule has 0 spiro atoms. The van der Waals surface area contributed by atoms with Gasteiger partial charge < -0.3 is 10.6 Å². The van der Waals surface area contributed by atoms with Gasteiger partial charge in [-0.15, -0.1) is 0 Å². The Morgan fingerprint density at radius 3 is 2.67 bits per heavy atom. The molecule has 1 fully saturated rings. The van der Waals surface area contributed by atoms with E-state index in [1.54, 1.807) is 0 Å². The van der Waals surface area contributed by atoms with Crippen molar-refractivity contribution in [1.29, 1.82) is 0 Å². The van der Waals surface area contributed by atoms with Crippen molar-refractivity contribution in [3.8, 4) is 0 Å². The molecule has 1 aliphatic heterocycles. The molecule has 100 valence electrons. The maximum Gasteiger partial charge on any atom is 0.0772 e. The highest BCUT2D eigenvalue weighted by Gasteiger charge is 2.21. The minimum atomic E-state index is 0.516. The highest BCUT2D eigenvalue weighted by Crippen LogP contribution is 2.20. The standard InChI is InChI=1S/C14H24N4/c1-3-12(2)17-7-9-18(10-8-17)14-5-4-6-16-13(14)11-15/h4-6,12H,3,7-11,15H2,1-2H3. The number of anilines is 1. The molecular formula is C14H24N4. The van der Waals surface area contributed by atoms with Gasteiger partial charge in [0.05, 0.1) is 11.4 Å². The molecule has 0 bridgehead atoms. The van der Waals surface area contributed by atoms with Crippen LogP contribution in [0.5, 0.6) is 0 Å². The van der Waals surface area contributed by atoms with Crippen LogP contribution in [0, 0.1) is 0 Å². The molecule has 1 atom stereocenters. The lowest BCUT2D eigenvalue weighted by Crippen LogP contribution is -2.49. The van der Waals surface area contributed by atoms with Gasteiger partial charge in [-0.1, -0.05) is 6.92 Å². The van der Waals surface area contributed by atoms with Crippen LogP contribution in [0.3, 0.4) is 0 Å². The second-order valence-electron chi connectivity index (χ2n) is 4.95. The van der Waals surface area contributed by atoms with Crippen LogP contribution in [0.15, 0.2) is 18.3 Å². The minimum Gasteiger partial charge on any atom is -0.367 e. The molecule has 4 nitrogen and oxygen atoms in total. The Labute approximate surface area is 110 Å². The fourth-order valence-electron chi connectivity index (χ4n) is 2.54. The fourth-order valence-corrected chi connectivity index (χ4v) is 2.54. The summed E-state index contributed by atoms with van der Waals surface area (Å²) in [6.07, 6.45) is 3.04. The first-order chi connectivity index (χ1) is 8.76. The fraction of sp³-hybridized carbons (Fsp3) is 0.643. The summed E-state index contributed by atoms with van der Waals surface area (Å²) in [6.45, 7) is 9.49. The van der Waals surface area contributed by atoms with Gasteiger partial charge in [-0.25, -0.2) is 0 Å². The number of hydrogen-bond donors (Lipinski definition) is 1. The molecule has 1 aliphatic rings. The quantitative estimate of drug-likeness (QED) is 0.876. The molecule has 2 heterocycles. The van der Waals surface area contributed by atoms with Crippen molar-refractivity contribution >= 4 is 5.69 Å². The monoisotopic (exact) mass is 248 g/mol. The second kappa shape index (κ2) is 6.16. The van der Waals surface area contributed by atoms with Crippen LogP contribution in [-0.2, 0) is 6.54 Å². The van der Waals surface area contributed by atoms with E-state index in [0.717, 1.165) is 31.9 Å². The number of piperazine rings is 1. The highest BCUT2D eigenvalue weighted by molar-refractivity contribution is 5.50. The van der Waals surface area contributed by atoms with E-state index < -0.39 is 0 Å². The number of rotatable bonds is 4. The predicted molar refractivity (Wildman–Crippen MR) is 75.7 cm³/mol. The van der Waals surface area contributed by atoms with Crippen LogP contribution in [0.4, 0.5) is 5.69 Å². The van der Waals surface area contributed by atoms with Crippen LogP contribution in [0.25, 0.3) is 0 Å². The molecule has 18 heavy (non-hydrogen) atoms. The van der Waals surface area contributed by atoms with Gasteiger partial charge in [0.2, 0.25) is 0 Å². The number of nitrogens with two attached hydrogens (primary N) is 1. The third-order valence-electron chi connectivity index (χ3n) is 3.93. The SMILES string of the molecule is CCC(C)N1CCN(c2cccnc2CN)CC1. The molecule has 2 N–H and O–H groups in total. The molecule has 0 aromatic carbocycles. The van der Waals surface area contributed by atoms with Crippen molar-refractivity contribution in [3.63, 3.8) is 0 Å². The molecule has 1 unspecified atom stereocenters. The summed E-state index contributed by atoms with van der Waals surface area (Å²) in [5.41, 5.74) is 7.98.